The summed E-state index contributed by atoms with van der Waals surface area (Å²) in [5.41, 5.74) is 1.44. The molecule has 0 aromatic rings. The fourth-order valence-electron chi connectivity index (χ4n) is 1.01. The molecule has 1 heteroatoms. The highest BCUT2D eigenvalue weighted by Crippen LogP contribution is 2.02. The molecule has 0 unspecified atom stereocenters. The van der Waals surface area contributed by atoms with Gasteiger partial charge in [-0.1, -0.05) is 18.1 Å². The van der Waals surface area contributed by atoms with E-state index in [0.29, 0.717) is 0 Å². The lowest BCUT2D eigenvalue weighted by atomic mass is 10.1. The lowest BCUT2D eigenvalue weighted by Crippen LogP contribution is -2.06. The van der Waals surface area contributed by atoms with Gasteiger partial charge in [0.2, 0.25) is 0 Å². The van der Waals surface area contributed by atoms with Crippen LogP contribution in [-0.4, -0.2) is 13.6 Å². The number of nitrogens with one attached hydrogen (secondary N) is 1. The minimum absolute atomic E-state index is 1.16. The molecule has 0 fully saturated rings. The van der Waals surface area contributed by atoms with Gasteiger partial charge in [-0.15, -0.1) is 0 Å². The first-order valence-corrected chi connectivity index (χ1v) is 4.55. The zero-order valence-electron chi connectivity index (χ0n) is 8.11. The molecule has 1 N–H and O–H groups in total. The molecule has 1 nitrogen and oxygen atoms in total. The first-order chi connectivity index (χ1) is 5.27. The van der Waals surface area contributed by atoms with E-state index in [1.165, 1.54) is 31.3 Å². The Morgan fingerprint density at radius 1 is 1.18 bits per heavy atom. The molecule has 66 valence electrons. The smallest absolute Gasteiger partial charge is 0.00519 e. The number of unbranched alkanes of at least 4 members (excludes halogenated alkanes) is 3. The van der Waals surface area contributed by atoms with Crippen LogP contribution in [-0.2, 0) is 0 Å². The molecule has 0 aliphatic carbocycles. The molecular weight excluding hydrogens is 134 g/mol. The summed E-state index contributed by atoms with van der Waals surface area (Å²) in [5.74, 6) is 0. The summed E-state index contributed by atoms with van der Waals surface area (Å²) in [7, 11) is 2.01. The minimum atomic E-state index is 1.16. The Bertz CT molecular complexity index is 101. The third-order valence-corrected chi connectivity index (χ3v) is 1.68. The topological polar surface area (TPSA) is 12.0 Å². The molecule has 0 rings (SSSR count). The molecular formula is C10H21N. The maximum Gasteiger partial charge on any atom is -0.00519 e. The van der Waals surface area contributed by atoms with Crippen LogP contribution in [0.2, 0.25) is 0 Å². The molecule has 0 amide bonds. The summed E-state index contributed by atoms with van der Waals surface area (Å²) in [6, 6.07) is 0. The van der Waals surface area contributed by atoms with Gasteiger partial charge in [0.15, 0.2) is 0 Å². The van der Waals surface area contributed by atoms with E-state index >= 15 is 0 Å². The van der Waals surface area contributed by atoms with Gasteiger partial charge >= 0.3 is 0 Å². The van der Waals surface area contributed by atoms with Gasteiger partial charge in [-0.3, -0.25) is 0 Å². The van der Waals surface area contributed by atoms with Crippen LogP contribution < -0.4 is 5.32 Å². The fourth-order valence-corrected chi connectivity index (χ4v) is 1.01. The molecule has 0 spiro atoms. The molecule has 0 aromatic carbocycles. The molecule has 0 aliphatic heterocycles. The zero-order valence-corrected chi connectivity index (χ0v) is 8.11. The van der Waals surface area contributed by atoms with Gasteiger partial charge in [-0.2, -0.15) is 0 Å². The van der Waals surface area contributed by atoms with Crippen molar-refractivity contribution >= 4 is 0 Å². The molecule has 0 aromatic heterocycles. The minimum Gasteiger partial charge on any atom is -0.320 e. The van der Waals surface area contributed by atoms with Gasteiger partial charge in [-0.05, 0) is 46.7 Å². The predicted molar refractivity (Wildman–Crippen MR) is 51.8 cm³/mol. The lowest BCUT2D eigenvalue weighted by Gasteiger charge is -1.97. The lowest BCUT2D eigenvalue weighted by molar-refractivity contribution is 0.647. The number of hydrogen-bond acceptors (Lipinski definition) is 1. The number of allylic oxidation sites excluding steroid dienone is 2. The third kappa shape index (κ3) is 9.70. The first-order valence-electron chi connectivity index (χ1n) is 4.55. The SMILES string of the molecule is CNCCCCCC=C(C)C. The molecule has 0 heterocycles. The van der Waals surface area contributed by atoms with E-state index in [9.17, 15) is 0 Å². The highest BCUT2D eigenvalue weighted by atomic mass is 14.8. The van der Waals surface area contributed by atoms with Crippen molar-refractivity contribution in [2.24, 2.45) is 0 Å². The van der Waals surface area contributed by atoms with Crippen molar-refractivity contribution in [2.75, 3.05) is 13.6 Å². The van der Waals surface area contributed by atoms with Crippen LogP contribution in [0, 0.1) is 0 Å². The fraction of sp³-hybridized carbons (Fsp3) is 0.800. The van der Waals surface area contributed by atoms with Crippen molar-refractivity contribution in [1.29, 1.82) is 0 Å². The molecule has 11 heavy (non-hydrogen) atoms. The second-order valence-electron chi connectivity index (χ2n) is 3.23. The third-order valence-electron chi connectivity index (χ3n) is 1.68. The monoisotopic (exact) mass is 155 g/mol. The highest BCUT2D eigenvalue weighted by Gasteiger charge is 1.85. The predicted octanol–water partition coefficient (Wildman–Crippen LogP) is 2.73. The van der Waals surface area contributed by atoms with E-state index in [-0.39, 0.29) is 0 Å². The van der Waals surface area contributed by atoms with Crippen LogP contribution in [0.5, 0.6) is 0 Å². The second kappa shape index (κ2) is 7.80. The molecule has 0 radical (unpaired) electrons. The zero-order chi connectivity index (χ0) is 8.53. The summed E-state index contributed by atoms with van der Waals surface area (Å²) >= 11 is 0. The number of rotatable bonds is 6. The molecule has 0 aliphatic rings. The maximum atomic E-state index is 3.15. The number of hydrogen-bond donors (Lipinski definition) is 1. The Hall–Kier alpha value is -0.300. The van der Waals surface area contributed by atoms with Crippen molar-refractivity contribution in [3.63, 3.8) is 0 Å². The summed E-state index contributed by atoms with van der Waals surface area (Å²) < 4.78 is 0. The van der Waals surface area contributed by atoms with Crippen LogP contribution in [0.3, 0.4) is 0 Å². The van der Waals surface area contributed by atoms with Crippen molar-refractivity contribution < 1.29 is 0 Å². The summed E-state index contributed by atoms with van der Waals surface area (Å²) in [4.78, 5) is 0. The van der Waals surface area contributed by atoms with Crippen LogP contribution in [0.25, 0.3) is 0 Å². The van der Waals surface area contributed by atoms with E-state index in [4.69, 9.17) is 0 Å². The van der Waals surface area contributed by atoms with Crippen molar-refractivity contribution in [2.45, 2.75) is 39.5 Å². The Balaban J connectivity index is 2.97. The Labute approximate surface area is 70.9 Å². The van der Waals surface area contributed by atoms with E-state index < -0.39 is 0 Å². The van der Waals surface area contributed by atoms with Gasteiger partial charge < -0.3 is 5.32 Å². The largest absolute Gasteiger partial charge is 0.320 e. The van der Waals surface area contributed by atoms with E-state index in [1.54, 1.807) is 0 Å². The molecule has 0 atom stereocenters. The highest BCUT2D eigenvalue weighted by molar-refractivity contribution is 4.92. The molecule has 0 saturated carbocycles. The van der Waals surface area contributed by atoms with Gasteiger partial charge in [0, 0.05) is 0 Å². The molecule has 0 saturated heterocycles. The van der Waals surface area contributed by atoms with Gasteiger partial charge in [0.1, 0.15) is 0 Å². The Morgan fingerprint density at radius 2 is 1.91 bits per heavy atom. The first kappa shape index (κ1) is 10.7. The quantitative estimate of drug-likeness (QED) is 0.459. The van der Waals surface area contributed by atoms with Gasteiger partial charge in [0.05, 0.1) is 0 Å². The van der Waals surface area contributed by atoms with E-state index in [0.717, 1.165) is 6.54 Å². The van der Waals surface area contributed by atoms with Crippen molar-refractivity contribution in [3.05, 3.63) is 11.6 Å². The normalized spacial score (nSPS) is 9.73. The molecule has 0 bridgehead atoms. The average Bonchev–Trinajstić information content (AvgIpc) is 1.96. The second-order valence-corrected chi connectivity index (χ2v) is 3.23. The average molecular weight is 155 g/mol. The summed E-state index contributed by atoms with van der Waals surface area (Å²) in [6.07, 6.45) is 7.58. The Kier molecular flexibility index (Phi) is 7.59. The van der Waals surface area contributed by atoms with Gasteiger partial charge in [0.25, 0.3) is 0 Å². The van der Waals surface area contributed by atoms with Crippen molar-refractivity contribution in [1.82, 2.24) is 5.32 Å². The summed E-state index contributed by atoms with van der Waals surface area (Å²) in [5, 5.41) is 3.15. The van der Waals surface area contributed by atoms with Crippen LogP contribution in [0.1, 0.15) is 39.5 Å². The standard InChI is InChI=1S/C10H21N/c1-10(2)8-6-4-5-7-9-11-3/h8,11H,4-7,9H2,1-3H3. The van der Waals surface area contributed by atoms with Crippen LogP contribution in [0.4, 0.5) is 0 Å². The van der Waals surface area contributed by atoms with Crippen LogP contribution >= 0.6 is 0 Å². The van der Waals surface area contributed by atoms with E-state index in [2.05, 4.69) is 25.2 Å². The van der Waals surface area contributed by atoms with E-state index in [1.807, 2.05) is 7.05 Å². The summed E-state index contributed by atoms with van der Waals surface area (Å²) in [6.45, 7) is 5.48. The van der Waals surface area contributed by atoms with Crippen molar-refractivity contribution in [3.8, 4) is 0 Å². The Morgan fingerprint density at radius 3 is 2.45 bits per heavy atom. The maximum absolute atomic E-state index is 3.15. The van der Waals surface area contributed by atoms with Gasteiger partial charge in [-0.25, -0.2) is 0 Å². The van der Waals surface area contributed by atoms with Crippen LogP contribution in [0.15, 0.2) is 11.6 Å².